The molecule has 5 heteroatoms. The lowest BCUT2D eigenvalue weighted by Crippen LogP contribution is -2.11. The molecular formula is C41H36N4O. The Morgan fingerprint density at radius 3 is 2.09 bits per heavy atom. The number of aromatic hydroxyl groups is 1. The van der Waals surface area contributed by atoms with Crippen molar-refractivity contribution >= 4 is 11.0 Å². The maximum absolute atomic E-state index is 11.3. The molecule has 0 saturated carbocycles. The maximum Gasteiger partial charge on any atom is 0.144 e. The summed E-state index contributed by atoms with van der Waals surface area (Å²) < 4.78 is 2.03. The van der Waals surface area contributed by atoms with E-state index in [2.05, 4.69) is 100 Å². The van der Waals surface area contributed by atoms with Gasteiger partial charge in [-0.2, -0.15) is 0 Å². The van der Waals surface area contributed by atoms with Gasteiger partial charge >= 0.3 is 0 Å². The molecule has 226 valence electrons. The first-order valence-corrected chi connectivity index (χ1v) is 15.6. The monoisotopic (exact) mass is 600 g/mol. The standard InChI is InChI=1S/C41H36N4O/c1-26-25-43-35(24-33(26)29-19-17-28(18-20-29)27-11-7-6-8-12-27)30-13-9-14-31(23-30)37-38-36(21-22-42-37)45(5)40(44-38)32-15-10-16-34(39(32)46)41(2,3)4/h6-25,46H,1-5H3. The van der Waals surface area contributed by atoms with Crippen LogP contribution < -0.4 is 0 Å². The number of aromatic nitrogens is 4. The SMILES string of the molecule is Cc1cnc(-c2cccc(-c3nccc4c3nc(-c3cccc(C(C)(C)C)c3O)n4C)c2)cc1-c1ccc(-c2ccccc2)cc1. The number of nitrogens with zero attached hydrogens (tertiary/aromatic N) is 4. The summed E-state index contributed by atoms with van der Waals surface area (Å²) in [6.45, 7) is 8.40. The van der Waals surface area contributed by atoms with E-state index in [-0.39, 0.29) is 11.2 Å². The van der Waals surface area contributed by atoms with Gasteiger partial charge in [-0.05, 0) is 70.0 Å². The molecule has 46 heavy (non-hydrogen) atoms. The highest BCUT2D eigenvalue weighted by Crippen LogP contribution is 2.40. The van der Waals surface area contributed by atoms with Gasteiger partial charge in [-0.15, -0.1) is 0 Å². The molecule has 0 radical (unpaired) electrons. The van der Waals surface area contributed by atoms with Crippen LogP contribution in [-0.2, 0) is 12.5 Å². The zero-order chi connectivity index (χ0) is 32.0. The molecule has 3 heterocycles. The van der Waals surface area contributed by atoms with Gasteiger partial charge in [0.1, 0.15) is 17.1 Å². The van der Waals surface area contributed by atoms with Gasteiger partial charge in [0.05, 0.1) is 22.5 Å². The van der Waals surface area contributed by atoms with E-state index in [0.717, 1.165) is 55.8 Å². The Hall–Kier alpha value is -5.55. The molecule has 0 spiro atoms. The summed E-state index contributed by atoms with van der Waals surface area (Å²) in [6, 6.07) is 37.5. The van der Waals surface area contributed by atoms with Crippen molar-refractivity contribution < 1.29 is 5.11 Å². The smallest absolute Gasteiger partial charge is 0.144 e. The number of fused-ring (bicyclic) bond motifs is 1. The Labute approximate surface area is 269 Å². The maximum atomic E-state index is 11.3. The molecule has 0 saturated heterocycles. The Bertz CT molecular complexity index is 2210. The number of phenols is 1. The van der Waals surface area contributed by atoms with E-state index in [4.69, 9.17) is 15.0 Å². The molecule has 0 amide bonds. The first-order chi connectivity index (χ1) is 22.2. The molecule has 0 bridgehead atoms. The summed E-state index contributed by atoms with van der Waals surface area (Å²) in [6.07, 6.45) is 3.77. The third-order valence-corrected chi connectivity index (χ3v) is 8.72. The van der Waals surface area contributed by atoms with Crippen LogP contribution in [0.1, 0.15) is 31.9 Å². The largest absolute Gasteiger partial charge is 0.507 e. The second-order valence-electron chi connectivity index (χ2n) is 12.9. The normalized spacial score (nSPS) is 11.7. The van der Waals surface area contributed by atoms with Gasteiger partial charge in [0.25, 0.3) is 0 Å². The number of hydrogen-bond acceptors (Lipinski definition) is 4. The van der Waals surface area contributed by atoms with E-state index in [0.29, 0.717) is 11.4 Å². The summed E-state index contributed by atoms with van der Waals surface area (Å²) in [5.41, 5.74) is 12.6. The summed E-state index contributed by atoms with van der Waals surface area (Å²) >= 11 is 0. The fourth-order valence-electron chi connectivity index (χ4n) is 6.19. The van der Waals surface area contributed by atoms with E-state index < -0.39 is 0 Å². The average molecular weight is 601 g/mol. The fraction of sp³-hybridized carbons (Fsp3) is 0.146. The number of phenolic OH excluding ortho intramolecular Hbond substituents is 1. The van der Waals surface area contributed by atoms with Crippen molar-refractivity contribution in [2.75, 3.05) is 0 Å². The fourth-order valence-corrected chi connectivity index (χ4v) is 6.19. The van der Waals surface area contributed by atoms with Crippen molar-refractivity contribution in [3.8, 4) is 61.9 Å². The minimum Gasteiger partial charge on any atom is -0.507 e. The lowest BCUT2D eigenvalue weighted by Gasteiger charge is -2.21. The van der Waals surface area contributed by atoms with Crippen molar-refractivity contribution in [3.63, 3.8) is 0 Å². The third-order valence-electron chi connectivity index (χ3n) is 8.72. The third kappa shape index (κ3) is 5.24. The van der Waals surface area contributed by atoms with Crippen LogP contribution in [0.3, 0.4) is 0 Å². The van der Waals surface area contributed by atoms with Crippen LogP contribution in [0.2, 0.25) is 0 Å². The van der Waals surface area contributed by atoms with Gasteiger partial charge in [0, 0.05) is 30.6 Å². The number of para-hydroxylation sites is 1. The zero-order valence-electron chi connectivity index (χ0n) is 26.8. The highest BCUT2D eigenvalue weighted by atomic mass is 16.3. The Balaban J connectivity index is 1.27. The van der Waals surface area contributed by atoms with E-state index in [1.165, 1.54) is 11.1 Å². The zero-order valence-corrected chi connectivity index (χ0v) is 26.8. The van der Waals surface area contributed by atoms with Crippen LogP contribution in [0.5, 0.6) is 5.75 Å². The molecule has 0 aliphatic heterocycles. The van der Waals surface area contributed by atoms with Crippen LogP contribution in [0.4, 0.5) is 0 Å². The lowest BCUT2D eigenvalue weighted by atomic mass is 9.85. The molecule has 7 aromatic rings. The number of hydrogen-bond donors (Lipinski definition) is 1. The Morgan fingerprint density at radius 1 is 0.652 bits per heavy atom. The Kier molecular flexibility index (Phi) is 7.25. The minimum absolute atomic E-state index is 0.201. The molecule has 1 N–H and O–H groups in total. The number of aryl methyl sites for hydroxylation is 2. The molecule has 0 aliphatic carbocycles. The van der Waals surface area contributed by atoms with E-state index >= 15 is 0 Å². The molecule has 5 nitrogen and oxygen atoms in total. The van der Waals surface area contributed by atoms with Crippen molar-refractivity contribution in [3.05, 3.63) is 133 Å². The molecule has 0 unspecified atom stereocenters. The van der Waals surface area contributed by atoms with Crippen LogP contribution >= 0.6 is 0 Å². The van der Waals surface area contributed by atoms with Crippen LogP contribution in [0.15, 0.2) is 122 Å². The second-order valence-corrected chi connectivity index (χ2v) is 12.9. The number of rotatable bonds is 5. The van der Waals surface area contributed by atoms with Gasteiger partial charge in [-0.1, -0.05) is 106 Å². The van der Waals surface area contributed by atoms with Gasteiger partial charge < -0.3 is 9.67 Å². The number of benzene rings is 4. The molecule has 0 aliphatic rings. The van der Waals surface area contributed by atoms with Crippen LogP contribution in [-0.4, -0.2) is 24.6 Å². The molecule has 4 aromatic carbocycles. The summed E-state index contributed by atoms with van der Waals surface area (Å²) in [7, 11) is 1.98. The van der Waals surface area contributed by atoms with E-state index in [9.17, 15) is 5.11 Å². The van der Waals surface area contributed by atoms with Gasteiger partial charge in [0.2, 0.25) is 0 Å². The van der Waals surface area contributed by atoms with Gasteiger partial charge in [0.15, 0.2) is 0 Å². The predicted molar refractivity (Wildman–Crippen MR) is 189 cm³/mol. The van der Waals surface area contributed by atoms with Gasteiger partial charge in [-0.3, -0.25) is 9.97 Å². The van der Waals surface area contributed by atoms with E-state index in [1.807, 2.05) is 60.4 Å². The van der Waals surface area contributed by atoms with Crippen LogP contribution in [0, 0.1) is 6.92 Å². The quantitative estimate of drug-likeness (QED) is 0.214. The summed E-state index contributed by atoms with van der Waals surface area (Å²) in [4.78, 5) is 14.7. The molecular weight excluding hydrogens is 564 g/mol. The summed E-state index contributed by atoms with van der Waals surface area (Å²) in [5, 5.41) is 11.3. The molecule has 7 rings (SSSR count). The second kappa shape index (κ2) is 11.4. The number of pyridine rings is 2. The predicted octanol–water partition coefficient (Wildman–Crippen LogP) is 10.0. The Morgan fingerprint density at radius 2 is 1.33 bits per heavy atom. The molecule has 0 fully saturated rings. The van der Waals surface area contributed by atoms with Crippen molar-refractivity contribution in [2.45, 2.75) is 33.1 Å². The summed E-state index contributed by atoms with van der Waals surface area (Å²) in [5.74, 6) is 0.966. The van der Waals surface area contributed by atoms with Crippen molar-refractivity contribution in [1.29, 1.82) is 0 Å². The molecule has 0 atom stereocenters. The highest BCUT2D eigenvalue weighted by Gasteiger charge is 2.23. The van der Waals surface area contributed by atoms with Crippen LogP contribution in [0.25, 0.3) is 67.2 Å². The first kappa shape index (κ1) is 29.2. The van der Waals surface area contributed by atoms with Gasteiger partial charge in [-0.25, -0.2) is 4.98 Å². The first-order valence-electron chi connectivity index (χ1n) is 15.6. The highest BCUT2D eigenvalue weighted by molar-refractivity contribution is 5.93. The minimum atomic E-state index is -0.201. The molecule has 3 aromatic heterocycles. The number of imidazole rings is 1. The lowest BCUT2D eigenvalue weighted by molar-refractivity contribution is 0.448. The van der Waals surface area contributed by atoms with Crippen molar-refractivity contribution in [1.82, 2.24) is 19.5 Å². The topological polar surface area (TPSA) is 63.8 Å². The van der Waals surface area contributed by atoms with E-state index in [1.54, 1.807) is 0 Å². The van der Waals surface area contributed by atoms with Crippen molar-refractivity contribution in [2.24, 2.45) is 7.05 Å². The average Bonchev–Trinajstić information content (AvgIpc) is 3.41.